The van der Waals surface area contributed by atoms with Crippen LogP contribution in [0.2, 0.25) is 0 Å². The number of hydrogen-bond acceptors (Lipinski definition) is 7. The zero-order valence-electron chi connectivity index (χ0n) is 18.7. The summed E-state index contributed by atoms with van der Waals surface area (Å²) in [6.45, 7) is 3.11. The van der Waals surface area contributed by atoms with Crippen LogP contribution in [-0.4, -0.2) is 39.3 Å². The van der Waals surface area contributed by atoms with Crippen molar-refractivity contribution < 1.29 is 9.59 Å². The number of carbonyl (C=O) groups excluding carboxylic acids is 2. The molecule has 2 aromatic heterocycles. The van der Waals surface area contributed by atoms with Gasteiger partial charge in [0.2, 0.25) is 5.91 Å². The standard InChI is InChI=1S/C25H23N5O3S/c1-16(31)18-10-7-11-19(14-18)26-20(32)15-30-23-22(28-25(34-23)29-12-5-6-13-29)21(27-24(30)33)17-8-3-2-4-9-17/h2-4,7-11,14H,5-6,12-13,15H2,1H3,(H,26,32). The summed E-state index contributed by atoms with van der Waals surface area (Å²) in [5.74, 6) is -0.469. The normalized spacial score (nSPS) is 13.4. The van der Waals surface area contributed by atoms with Gasteiger partial charge in [0.15, 0.2) is 10.9 Å². The van der Waals surface area contributed by atoms with E-state index in [4.69, 9.17) is 4.98 Å². The fourth-order valence-corrected chi connectivity index (χ4v) is 5.19. The van der Waals surface area contributed by atoms with Crippen LogP contribution in [0, 0.1) is 0 Å². The van der Waals surface area contributed by atoms with E-state index in [1.54, 1.807) is 24.3 Å². The number of benzene rings is 2. The molecule has 8 nitrogen and oxygen atoms in total. The number of nitrogens with one attached hydrogen (secondary N) is 1. The molecule has 5 rings (SSSR count). The lowest BCUT2D eigenvalue weighted by Gasteiger charge is -2.11. The van der Waals surface area contributed by atoms with E-state index in [2.05, 4.69) is 15.2 Å². The monoisotopic (exact) mass is 473 g/mol. The van der Waals surface area contributed by atoms with Gasteiger partial charge in [-0.2, -0.15) is 4.98 Å². The minimum absolute atomic E-state index is 0.0890. The van der Waals surface area contributed by atoms with Crippen LogP contribution < -0.4 is 15.9 Å². The molecule has 2 aromatic carbocycles. The van der Waals surface area contributed by atoms with Gasteiger partial charge in [-0.15, -0.1) is 0 Å². The number of nitrogens with zero attached hydrogens (tertiary/aromatic N) is 4. The molecule has 3 heterocycles. The van der Waals surface area contributed by atoms with Gasteiger partial charge in [-0.3, -0.25) is 14.2 Å². The molecule has 1 N–H and O–H groups in total. The van der Waals surface area contributed by atoms with Crippen LogP contribution in [0.1, 0.15) is 30.1 Å². The van der Waals surface area contributed by atoms with Crippen molar-refractivity contribution in [2.24, 2.45) is 0 Å². The summed E-state index contributed by atoms with van der Waals surface area (Å²) in [5.41, 5.74) is 2.44. The van der Waals surface area contributed by atoms with Gasteiger partial charge in [-0.05, 0) is 31.9 Å². The molecular weight excluding hydrogens is 450 g/mol. The van der Waals surface area contributed by atoms with Gasteiger partial charge >= 0.3 is 5.69 Å². The first-order valence-corrected chi connectivity index (χ1v) is 11.9. The molecule has 0 saturated carbocycles. The van der Waals surface area contributed by atoms with E-state index >= 15 is 0 Å². The molecule has 0 unspecified atom stereocenters. The lowest BCUT2D eigenvalue weighted by atomic mass is 10.1. The second kappa shape index (κ2) is 9.18. The number of amides is 1. The van der Waals surface area contributed by atoms with E-state index in [1.165, 1.54) is 22.8 Å². The van der Waals surface area contributed by atoms with Crippen molar-refractivity contribution in [2.45, 2.75) is 26.3 Å². The lowest BCUT2D eigenvalue weighted by Crippen LogP contribution is -2.29. The molecule has 1 fully saturated rings. The first-order chi connectivity index (χ1) is 16.5. The van der Waals surface area contributed by atoms with Crippen molar-refractivity contribution in [3.8, 4) is 11.3 Å². The minimum Gasteiger partial charge on any atom is -0.348 e. The number of rotatable bonds is 6. The maximum absolute atomic E-state index is 13.1. The molecule has 9 heteroatoms. The SMILES string of the molecule is CC(=O)c1cccc(NC(=O)Cn2c(=O)nc(-c3ccccc3)c3nc(N4CCCC4)sc32)c1. The largest absolute Gasteiger partial charge is 0.349 e. The van der Waals surface area contributed by atoms with E-state index in [-0.39, 0.29) is 18.2 Å². The van der Waals surface area contributed by atoms with E-state index in [0.717, 1.165) is 36.6 Å². The summed E-state index contributed by atoms with van der Waals surface area (Å²) in [4.78, 5) is 49.6. The fourth-order valence-electron chi connectivity index (χ4n) is 4.07. The Morgan fingerprint density at radius 2 is 1.79 bits per heavy atom. The quantitative estimate of drug-likeness (QED) is 0.426. The molecule has 172 valence electrons. The van der Waals surface area contributed by atoms with Crippen molar-refractivity contribution >= 4 is 44.2 Å². The Morgan fingerprint density at radius 1 is 1.03 bits per heavy atom. The second-order valence-electron chi connectivity index (χ2n) is 8.22. The van der Waals surface area contributed by atoms with Crippen LogP contribution in [0.4, 0.5) is 10.8 Å². The fraction of sp³-hybridized carbons (Fsp3) is 0.240. The van der Waals surface area contributed by atoms with E-state index in [1.807, 2.05) is 30.3 Å². The number of Topliss-reactive ketones (excluding diaryl/α,β-unsaturated/α-hetero) is 1. The number of thiazole rings is 1. The topological polar surface area (TPSA) is 97.2 Å². The Balaban J connectivity index is 1.53. The predicted octanol–water partition coefficient (Wildman–Crippen LogP) is 3.96. The van der Waals surface area contributed by atoms with E-state index < -0.39 is 5.69 Å². The third-order valence-electron chi connectivity index (χ3n) is 5.78. The van der Waals surface area contributed by atoms with Gasteiger partial charge in [0.1, 0.15) is 22.6 Å². The molecule has 1 amide bonds. The molecule has 0 spiro atoms. The van der Waals surface area contributed by atoms with Gasteiger partial charge in [-0.25, -0.2) is 9.78 Å². The van der Waals surface area contributed by atoms with Crippen LogP contribution in [0.25, 0.3) is 21.6 Å². The van der Waals surface area contributed by atoms with E-state index in [0.29, 0.717) is 27.3 Å². The molecular formula is C25H23N5O3S. The summed E-state index contributed by atoms with van der Waals surface area (Å²) in [5, 5.41) is 3.61. The summed E-state index contributed by atoms with van der Waals surface area (Å²) in [6, 6.07) is 16.2. The third kappa shape index (κ3) is 4.34. The number of ketones is 1. The Hall–Kier alpha value is -3.85. The zero-order valence-corrected chi connectivity index (χ0v) is 19.5. The number of anilines is 2. The zero-order chi connectivity index (χ0) is 23.7. The first kappa shape index (κ1) is 22.0. The molecule has 0 radical (unpaired) electrons. The van der Waals surface area contributed by atoms with Gasteiger partial charge in [0, 0.05) is 29.9 Å². The maximum atomic E-state index is 13.1. The molecule has 0 aliphatic carbocycles. The highest BCUT2D eigenvalue weighted by Gasteiger charge is 2.22. The maximum Gasteiger partial charge on any atom is 0.349 e. The number of hydrogen-bond donors (Lipinski definition) is 1. The first-order valence-electron chi connectivity index (χ1n) is 11.1. The Kier molecular flexibility index (Phi) is 5.93. The predicted molar refractivity (Wildman–Crippen MR) is 134 cm³/mol. The van der Waals surface area contributed by atoms with Crippen molar-refractivity contribution in [1.82, 2.24) is 14.5 Å². The van der Waals surface area contributed by atoms with Crippen LogP contribution in [0.3, 0.4) is 0 Å². The highest BCUT2D eigenvalue weighted by Crippen LogP contribution is 2.34. The van der Waals surface area contributed by atoms with Gasteiger partial charge in [0.25, 0.3) is 0 Å². The average molecular weight is 474 g/mol. The number of fused-ring (bicyclic) bond motifs is 1. The second-order valence-corrected chi connectivity index (χ2v) is 9.18. The van der Waals surface area contributed by atoms with Crippen LogP contribution in [0.5, 0.6) is 0 Å². The molecule has 0 atom stereocenters. The van der Waals surface area contributed by atoms with Crippen molar-refractivity contribution in [3.05, 3.63) is 70.6 Å². The number of aromatic nitrogens is 3. The third-order valence-corrected chi connectivity index (χ3v) is 6.92. The Labute approximate surface area is 199 Å². The molecule has 1 aliphatic heterocycles. The van der Waals surface area contributed by atoms with E-state index in [9.17, 15) is 14.4 Å². The van der Waals surface area contributed by atoms with Crippen molar-refractivity contribution in [1.29, 1.82) is 0 Å². The van der Waals surface area contributed by atoms with Gasteiger partial charge in [0.05, 0.1) is 0 Å². The highest BCUT2D eigenvalue weighted by atomic mass is 32.1. The van der Waals surface area contributed by atoms with Crippen LogP contribution >= 0.6 is 11.3 Å². The molecule has 1 aliphatic rings. The average Bonchev–Trinajstić information content (AvgIpc) is 3.52. The summed E-state index contributed by atoms with van der Waals surface area (Å²) in [6.07, 6.45) is 2.21. The molecule has 0 bridgehead atoms. The Morgan fingerprint density at radius 3 is 2.53 bits per heavy atom. The summed E-state index contributed by atoms with van der Waals surface area (Å²) < 4.78 is 1.38. The summed E-state index contributed by atoms with van der Waals surface area (Å²) >= 11 is 1.41. The smallest absolute Gasteiger partial charge is 0.348 e. The highest BCUT2D eigenvalue weighted by molar-refractivity contribution is 7.22. The van der Waals surface area contributed by atoms with Gasteiger partial charge < -0.3 is 10.2 Å². The van der Waals surface area contributed by atoms with Crippen LogP contribution in [0.15, 0.2) is 59.4 Å². The lowest BCUT2D eigenvalue weighted by molar-refractivity contribution is -0.116. The molecule has 1 saturated heterocycles. The minimum atomic E-state index is -0.504. The summed E-state index contributed by atoms with van der Waals surface area (Å²) in [7, 11) is 0. The Bertz CT molecular complexity index is 1440. The van der Waals surface area contributed by atoms with Crippen molar-refractivity contribution in [2.75, 3.05) is 23.3 Å². The van der Waals surface area contributed by atoms with Crippen molar-refractivity contribution in [3.63, 3.8) is 0 Å². The van der Waals surface area contributed by atoms with Gasteiger partial charge in [-0.1, -0.05) is 53.8 Å². The molecule has 34 heavy (non-hydrogen) atoms. The number of carbonyl (C=O) groups is 2. The van der Waals surface area contributed by atoms with Crippen LogP contribution in [-0.2, 0) is 11.3 Å². The molecule has 4 aromatic rings.